The molecule has 7 heteroatoms. The number of halogens is 2. The number of anilines is 2. The number of nitrogens with two attached hydrogens (primary N) is 3. The van der Waals surface area contributed by atoms with Gasteiger partial charge in [-0.1, -0.05) is 0 Å². The van der Waals surface area contributed by atoms with Crippen molar-refractivity contribution in [2.75, 3.05) is 11.5 Å². The fourth-order valence-corrected chi connectivity index (χ4v) is 0.592. The molecule has 0 amide bonds. The third kappa shape index (κ3) is 3.08. The van der Waals surface area contributed by atoms with Crippen LogP contribution < -0.4 is 17.2 Å². The van der Waals surface area contributed by atoms with Crippen LogP contribution in [-0.4, -0.2) is 9.97 Å². The van der Waals surface area contributed by atoms with Gasteiger partial charge in [-0.05, 0) is 0 Å². The second-order valence-corrected chi connectivity index (χ2v) is 1.84. The van der Waals surface area contributed by atoms with Gasteiger partial charge < -0.3 is 17.2 Å². The molecule has 1 aromatic rings. The highest BCUT2D eigenvalue weighted by atomic mass is 35.5. The number of aromatic nitrogens is 2. The minimum Gasteiger partial charge on any atom is -0.383 e. The Labute approximate surface area is 82.6 Å². The standard InChI is InChI=1S/C5H9N5.2ClH/c6-1-3-2-9-5(8)10-4(3)7;;/h2H,1,6H2,(H4,7,8,9,10);2*1H. The zero-order valence-corrected chi connectivity index (χ0v) is 7.86. The van der Waals surface area contributed by atoms with E-state index in [9.17, 15) is 0 Å². The van der Waals surface area contributed by atoms with E-state index < -0.39 is 0 Å². The van der Waals surface area contributed by atoms with Crippen molar-refractivity contribution >= 4 is 36.6 Å². The van der Waals surface area contributed by atoms with Gasteiger partial charge in [0.2, 0.25) is 5.95 Å². The largest absolute Gasteiger partial charge is 0.383 e. The van der Waals surface area contributed by atoms with Crippen molar-refractivity contribution in [3.05, 3.63) is 11.8 Å². The summed E-state index contributed by atoms with van der Waals surface area (Å²) in [6.45, 7) is 0.339. The van der Waals surface area contributed by atoms with Crippen LogP contribution >= 0.6 is 24.8 Å². The van der Waals surface area contributed by atoms with Gasteiger partial charge in [-0.2, -0.15) is 4.98 Å². The predicted molar refractivity (Wildman–Crippen MR) is 53.2 cm³/mol. The zero-order chi connectivity index (χ0) is 7.56. The Morgan fingerprint density at radius 3 is 2.25 bits per heavy atom. The number of nitrogen functional groups attached to an aromatic ring is 2. The molecule has 0 unspecified atom stereocenters. The van der Waals surface area contributed by atoms with Crippen LogP contribution in [0.1, 0.15) is 5.56 Å². The first-order valence-corrected chi connectivity index (χ1v) is 2.81. The topological polar surface area (TPSA) is 104 Å². The molecule has 70 valence electrons. The first-order chi connectivity index (χ1) is 4.74. The van der Waals surface area contributed by atoms with E-state index in [2.05, 4.69) is 9.97 Å². The van der Waals surface area contributed by atoms with Gasteiger partial charge in [-0.25, -0.2) is 4.98 Å². The molecule has 0 bridgehead atoms. The molecule has 1 aromatic heterocycles. The SMILES string of the molecule is Cl.Cl.NCc1cnc(N)nc1N. The van der Waals surface area contributed by atoms with Crippen LogP contribution in [0.4, 0.5) is 11.8 Å². The maximum atomic E-state index is 5.42. The molecule has 0 atom stereocenters. The van der Waals surface area contributed by atoms with E-state index in [0.29, 0.717) is 17.9 Å². The summed E-state index contributed by atoms with van der Waals surface area (Å²) in [4.78, 5) is 7.43. The lowest BCUT2D eigenvalue weighted by atomic mass is 10.3. The zero-order valence-electron chi connectivity index (χ0n) is 6.23. The van der Waals surface area contributed by atoms with Crippen LogP contribution in [0.15, 0.2) is 6.20 Å². The van der Waals surface area contributed by atoms with Gasteiger partial charge in [-0.15, -0.1) is 24.8 Å². The third-order valence-corrected chi connectivity index (χ3v) is 1.14. The lowest BCUT2D eigenvalue weighted by Crippen LogP contribution is -2.06. The van der Waals surface area contributed by atoms with E-state index in [1.165, 1.54) is 6.20 Å². The Morgan fingerprint density at radius 1 is 1.25 bits per heavy atom. The molecule has 0 saturated heterocycles. The fourth-order valence-electron chi connectivity index (χ4n) is 0.592. The molecule has 5 nitrogen and oxygen atoms in total. The summed E-state index contributed by atoms with van der Waals surface area (Å²) in [5.41, 5.74) is 16.7. The highest BCUT2D eigenvalue weighted by Crippen LogP contribution is 2.05. The molecule has 0 spiro atoms. The van der Waals surface area contributed by atoms with E-state index in [0.717, 1.165) is 0 Å². The van der Waals surface area contributed by atoms with Crippen molar-refractivity contribution < 1.29 is 0 Å². The van der Waals surface area contributed by atoms with Gasteiger partial charge >= 0.3 is 0 Å². The van der Waals surface area contributed by atoms with Gasteiger partial charge in [0, 0.05) is 18.3 Å². The molecule has 0 aliphatic rings. The Kier molecular flexibility index (Phi) is 6.68. The number of nitrogens with zero attached hydrogens (tertiary/aromatic N) is 2. The van der Waals surface area contributed by atoms with Gasteiger partial charge in [0.1, 0.15) is 5.82 Å². The molecule has 12 heavy (non-hydrogen) atoms. The second kappa shape index (κ2) is 5.82. The molecule has 6 N–H and O–H groups in total. The summed E-state index contributed by atoms with van der Waals surface area (Å²) in [7, 11) is 0. The Morgan fingerprint density at radius 2 is 1.83 bits per heavy atom. The first kappa shape index (κ1) is 13.8. The predicted octanol–water partition coefficient (Wildman–Crippen LogP) is -0.0567. The summed E-state index contributed by atoms with van der Waals surface area (Å²) < 4.78 is 0. The number of rotatable bonds is 1. The van der Waals surface area contributed by atoms with E-state index in [1.54, 1.807) is 0 Å². The molecule has 1 rings (SSSR count). The minimum absolute atomic E-state index is 0. The van der Waals surface area contributed by atoms with E-state index in [1.807, 2.05) is 0 Å². The molecular weight excluding hydrogens is 201 g/mol. The van der Waals surface area contributed by atoms with Crippen LogP contribution in [0.3, 0.4) is 0 Å². The highest BCUT2D eigenvalue weighted by molar-refractivity contribution is 5.85. The monoisotopic (exact) mass is 211 g/mol. The maximum absolute atomic E-state index is 5.42. The van der Waals surface area contributed by atoms with Crippen LogP contribution in [0, 0.1) is 0 Å². The summed E-state index contributed by atoms with van der Waals surface area (Å²) in [6.07, 6.45) is 1.53. The lowest BCUT2D eigenvalue weighted by Gasteiger charge is -1.99. The Bertz CT molecular complexity index is 241. The van der Waals surface area contributed by atoms with Gasteiger partial charge in [-0.3, -0.25) is 0 Å². The van der Waals surface area contributed by atoms with Gasteiger partial charge in [0.25, 0.3) is 0 Å². The lowest BCUT2D eigenvalue weighted by molar-refractivity contribution is 1.02. The van der Waals surface area contributed by atoms with Crippen molar-refractivity contribution in [1.29, 1.82) is 0 Å². The average molecular weight is 212 g/mol. The molecule has 0 aliphatic carbocycles. The quantitative estimate of drug-likeness (QED) is 0.605. The van der Waals surface area contributed by atoms with Crippen molar-refractivity contribution in [3.8, 4) is 0 Å². The Balaban J connectivity index is 0. The summed E-state index contributed by atoms with van der Waals surface area (Å²) in [5.74, 6) is 0.532. The minimum atomic E-state index is 0. The molecular formula is C5H11Cl2N5. The number of hydrogen-bond acceptors (Lipinski definition) is 5. The number of hydrogen-bond donors (Lipinski definition) is 3. The van der Waals surface area contributed by atoms with E-state index in [-0.39, 0.29) is 30.8 Å². The summed E-state index contributed by atoms with van der Waals surface area (Å²) in [6, 6.07) is 0. The highest BCUT2D eigenvalue weighted by Gasteiger charge is 1.97. The maximum Gasteiger partial charge on any atom is 0.221 e. The van der Waals surface area contributed by atoms with Crippen molar-refractivity contribution in [1.82, 2.24) is 9.97 Å². The van der Waals surface area contributed by atoms with Crippen LogP contribution in [-0.2, 0) is 6.54 Å². The molecule has 1 heterocycles. The molecule has 0 aliphatic heterocycles. The third-order valence-electron chi connectivity index (χ3n) is 1.14. The van der Waals surface area contributed by atoms with Crippen LogP contribution in [0.25, 0.3) is 0 Å². The first-order valence-electron chi connectivity index (χ1n) is 2.81. The molecule has 0 fully saturated rings. The molecule has 0 saturated carbocycles. The summed E-state index contributed by atoms with van der Waals surface area (Å²) in [5, 5.41) is 0. The summed E-state index contributed by atoms with van der Waals surface area (Å²) >= 11 is 0. The molecule has 0 radical (unpaired) electrons. The van der Waals surface area contributed by atoms with Crippen molar-refractivity contribution in [2.45, 2.75) is 6.54 Å². The van der Waals surface area contributed by atoms with Gasteiger partial charge in [0.15, 0.2) is 0 Å². The fraction of sp³-hybridized carbons (Fsp3) is 0.200. The average Bonchev–Trinajstić information content (AvgIpc) is 1.88. The van der Waals surface area contributed by atoms with Crippen LogP contribution in [0.2, 0.25) is 0 Å². The molecule has 0 aromatic carbocycles. The van der Waals surface area contributed by atoms with Crippen molar-refractivity contribution in [3.63, 3.8) is 0 Å². The van der Waals surface area contributed by atoms with Gasteiger partial charge in [0.05, 0.1) is 0 Å². The Hall–Kier alpha value is -0.780. The smallest absolute Gasteiger partial charge is 0.221 e. The van der Waals surface area contributed by atoms with E-state index in [4.69, 9.17) is 17.2 Å². The van der Waals surface area contributed by atoms with Crippen molar-refractivity contribution in [2.24, 2.45) is 5.73 Å². The normalized spacial score (nSPS) is 8.08. The van der Waals surface area contributed by atoms with Crippen LogP contribution in [0.5, 0.6) is 0 Å². The van der Waals surface area contributed by atoms with E-state index >= 15 is 0 Å². The second-order valence-electron chi connectivity index (χ2n) is 1.84.